The molecule has 2 atom stereocenters. The number of carbonyl (C=O) groups is 3. The Morgan fingerprint density at radius 2 is 1.69 bits per heavy atom. The molecule has 0 radical (unpaired) electrons. The van der Waals surface area contributed by atoms with E-state index in [0.717, 1.165) is 17.0 Å². The normalized spacial score (nSPS) is 19.0. The van der Waals surface area contributed by atoms with Crippen LogP contribution < -0.4 is 4.90 Å². The molecule has 0 saturated carbocycles. The van der Waals surface area contributed by atoms with Crippen LogP contribution in [0.15, 0.2) is 59.8 Å². The third kappa shape index (κ3) is 4.06. The van der Waals surface area contributed by atoms with Crippen molar-refractivity contribution in [2.75, 3.05) is 4.90 Å². The van der Waals surface area contributed by atoms with Crippen LogP contribution in [-0.4, -0.2) is 17.5 Å². The van der Waals surface area contributed by atoms with Gasteiger partial charge in [-0.1, -0.05) is 18.2 Å². The fourth-order valence-electron chi connectivity index (χ4n) is 4.11. The zero-order valence-electron chi connectivity index (χ0n) is 17.5. The molecular formula is C24H19F3N2O3. The van der Waals surface area contributed by atoms with Crippen molar-refractivity contribution in [3.8, 4) is 6.07 Å². The van der Waals surface area contributed by atoms with E-state index < -0.39 is 41.0 Å². The third-order valence-electron chi connectivity index (χ3n) is 5.50. The lowest BCUT2D eigenvalue weighted by molar-refractivity contribution is -0.138. The molecule has 1 amide bonds. The number of rotatable bonds is 4. The molecule has 8 heteroatoms. The molecule has 0 fully saturated rings. The van der Waals surface area contributed by atoms with Crippen molar-refractivity contribution in [1.29, 1.82) is 5.26 Å². The minimum atomic E-state index is -4.62. The maximum Gasteiger partial charge on any atom is 0.416 e. The highest BCUT2D eigenvalue weighted by Crippen LogP contribution is 2.43. The summed E-state index contributed by atoms with van der Waals surface area (Å²) in [6.07, 6.45) is -4.62. The highest BCUT2D eigenvalue weighted by molar-refractivity contribution is 6.15. The lowest BCUT2D eigenvalue weighted by atomic mass is 9.73. The van der Waals surface area contributed by atoms with Gasteiger partial charge in [-0.15, -0.1) is 0 Å². The first-order chi connectivity index (χ1) is 15.0. The highest BCUT2D eigenvalue weighted by atomic mass is 19.4. The Labute approximate surface area is 182 Å². The molecule has 0 saturated heterocycles. The predicted octanol–water partition coefficient (Wildman–Crippen LogP) is 4.78. The quantitative estimate of drug-likeness (QED) is 0.642. The summed E-state index contributed by atoms with van der Waals surface area (Å²) >= 11 is 0. The number of nitriles is 1. The van der Waals surface area contributed by atoms with E-state index in [1.807, 2.05) is 6.07 Å². The molecule has 2 unspecified atom stereocenters. The van der Waals surface area contributed by atoms with E-state index >= 15 is 0 Å². The average Bonchev–Trinajstić information content (AvgIpc) is 2.72. The zero-order chi connectivity index (χ0) is 23.8. The maximum atomic E-state index is 13.4. The van der Waals surface area contributed by atoms with E-state index in [0.29, 0.717) is 11.1 Å². The van der Waals surface area contributed by atoms with Crippen molar-refractivity contribution in [2.45, 2.75) is 32.9 Å². The Morgan fingerprint density at radius 3 is 2.19 bits per heavy atom. The minimum absolute atomic E-state index is 0.0781. The van der Waals surface area contributed by atoms with E-state index in [2.05, 4.69) is 0 Å². The number of hydrogen-bond acceptors (Lipinski definition) is 4. The number of amides is 1. The molecule has 0 bridgehead atoms. The van der Waals surface area contributed by atoms with Gasteiger partial charge in [-0.2, -0.15) is 18.4 Å². The third-order valence-corrected chi connectivity index (χ3v) is 5.50. The monoisotopic (exact) mass is 440 g/mol. The molecule has 1 aliphatic heterocycles. The number of ketones is 2. The Bertz CT molecular complexity index is 1170. The molecule has 3 rings (SSSR count). The summed E-state index contributed by atoms with van der Waals surface area (Å²) in [5.74, 6) is -3.86. The number of benzene rings is 2. The lowest BCUT2D eigenvalue weighted by Gasteiger charge is -2.39. The average molecular weight is 440 g/mol. The van der Waals surface area contributed by atoms with Crippen LogP contribution in [-0.2, 0) is 20.6 Å². The van der Waals surface area contributed by atoms with E-state index in [1.54, 1.807) is 12.1 Å². The number of nitrogens with zero attached hydrogens (tertiary/aromatic N) is 2. The van der Waals surface area contributed by atoms with Crippen LogP contribution in [0.2, 0.25) is 0 Å². The summed E-state index contributed by atoms with van der Waals surface area (Å²) in [6.45, 7) is 3.97. The van der Waals surface area contributed by atoms with Gasteiger partial charge in [0.2, 0.25) is 5.91 Å². The van der Waals surface area contributed by atoms with Gasteiger partial charge < -0.3 is 0 Å². The topological polar surface area (TPSA) is 78.2 Å². The number of alkyl halides is 3. The minimum Gasteiger partial charge on any atom is -0.299 e. The number of allylic oxidation sites excluding steroid dienone is 2. The van der Waals surface area contributed by atoms with Gasteiger partial charge in [0.1, 0.15) is 11.7 Å². The van der Waals surface area contributed by atoms with E-state index in [4.69, 9.17) is 5.26 Å². The summed E-state index contributed by atoms with van der Waals surface area (Å²) in [5.41, 5.74) is 0.150. The van der Waals surface area contributed by atoms with Gasteiger partial charge in [0.25, 0.3) is 0 Å². The molecule has 0 aliphatic carbocycles. The van der Waals surface area contributed by atoms with Gasteiger partial charge in [0.15, 0.2) is 5.78 Å². The Balaban J connectivity index is 2.26. The SMILES string of the molecule is CC(=O)C1=C(C)N(c2cccc(C(F)(F)F)c2)C(=O)C(C(C)=O)C1c1ccc(C#N)cc1. The van der Waals surface area contributed by atoms with Gasteiger partial charge >= 0.3 is 6.18 Å². The first-order valence-corrected chi connectivity index (χ1v) is 9.70. The molecular weight excluding hydrogens is 421 g/mol. The highest BCUT2D eigenvalue weighted by Gasteiger charge is 2.46. The van der Waals surface area contributed by atoms with E-state index in [-0.39, 0.29) is 17.0 Å². The fourth-order valence-corrected chi connectivity index (χ4v) is 4.11. The summed E-state index contributed by atoms with van der Waals surface area (Å²) < 4.78 is 39.7. The van der Waals surface area contributed by atoms with Crippen LogP contribution >= 0.6 is 0 Å². The largest absolute Gasteiger partial charge is 0.416 e. The van der Waals surface area contributed by atoms with Gasteiger partial charge in [-0.3, -0.25) is 19.3 Å². The number of anilines is 1. The first-order valence-electron chi connectivity index (χ1n) is 9.70. The standard InChI is InChI=1S/C24H19F3N2O3/c1-13-20(14(2)30)22(17-9-7-16(12-28)8-10-17)21(15(3)31)23(32)29(13)19-6-4-5-18(11-19)24(25,26)27/h4-11,21-22H,1-3H3. The number of carbonyl (C=O) groups excluding carboxylic acids is 3. The van der Waals surface area contributed by atoms with Crippen molar-refractivity contribution < 1.29 is 27.6 Å². The van der Waals surface area contributed by atoms with E-state index in [9.17, 15) is 27.6 Å². The Hall–Kier alpha value is -3.73. The first kappa shape index (κ1) is 22.9. The Kier molecular flexibility index (Phi) is 6.04. The van der Waals surface area contributed by atoms with E-state index in [1.165, 1.54) is 45.0 Å². The van der Waals surface area contributed by atoms with Gasteiger partial charge in [-0.25, -0.2) is 0 Å². The second-order valence-corrected chi connectivity index (χ2v) is 7.58. The summed E-state index contributed by atoms with van der Waals surface area (Å²) in [4.78, 5) is 39.7. The number of halogens is 3. The van der Waals surface area contributed by atoms with Crippen LogP contribution in [0, 0.1) is 17.2 Å². The molecule has 0 aromatic heterocycles. The molecule has 1 heterocycles. The van der Waals surface area contributed by atoms with Crippen molar-refractivity contribution >= 4 is 23.2 Å². The Morgan fingerprint density at radius 1 is 1.06 bits per heavy atom. The molecule has 164 valence electrons. The van der Waals surface area contributed by atoms with Crippen molar-refractivity contribution in [3.05, 3.63) is 76.5 Å². The molecule has 2 aromatic carbocycles. The second kappa shape index (κ2) is 8.42. The van der Waals surface area contributed by atoms with Gasteiger partial charge in [-0.05, 0) is 56.7 Å². The molecule has 5 nitrogen and oxygen atoms in total. The van der Waals surface area contributed by atoms with Gasteiger partial charge in [0.05, 0.1) is 17.2 Å². The molecule has 2 aromatic rings. The summed E-state index contributed by atoms with van der Waals surface area (Å²) in [6, 6.07) is 12.3. The van der Waals surface area contributed by atoms with Crippen molar-refractivity contribution in [2.24, 2.45) is 5.92 Å². The van der Waals surface area contributed by atoms with Crippen LogP contribution in [0.5, 0.6) is 0 Å². The zero-order valence-corrected chi connectivity index (χ0v) is 17.5. The molecule has 1 aliphatic rings. The smallest absolute Gasteiger partial charge is 0.299 e. The van der Waals surface area contributed by atoms with Gasteiger partial charge in [0, 0.05) is 22.9 Å². The summed E-state index contributed by atoms with van der Waals surface area (Å²) in [5, 5.41) is 9.04. The van der Waals surface area contributed by atoms with Crippen molar-refractivity contribution in [1.82, 2.24) is 0 Å². The predicted molar refractivity (Wildman–Crippen MR) is 110 cm³/mol. The second-order valence-electron chi connectivity index (χ2n) is 7.58. The molecule has 0 spiro atoms. The maximum absolute atomic E-state index is 13.4. The number of hydrogen-bond donors (Lipinski definition) is 0. The number of Topliss-reactive ketones (excluding diaryl/α,β-unsaturated/α-hetero) is 2. The molecule has 0 N–H and O–H groups in total. The van der Waals surface area contributed by atoms with Crippen LogP contribution in [0.25, 0.3) is 0 Å². The fraction of sp³-hybridized carbons (Fsp3) is 0.250. The van der Waals surface area contributed by atoms with Crippen LogP contribution in [0.3, 0.4) is 0 Å². The molecule has 32 heavy (non-hydrogen) atoms. The summed E-state index contributed by atoms with van der Waals surface area (Å²) in [7, 11) is 0. The van der Waals surface area contributed by atoms with Crippen molar-refractivity contribution in [3.63, 3.8) is 0 Å². The lowest BCUT2D eigenvalue weighted by Crippen LogP contribution is -2.47. The van der Waals surface area contributed by atoms with Crippen LogP contribution in [0.4, 0.5) is 18.9 Å². The van der Waals surface area contributed by atoms with Crippen LogP contribution in [0.1, 0.15) is 43.4 Å².